The van der Waals surface area contributed by atoms with E-state index >= 15 is 0 Å². The van der Waals surface area contributed by atoms with E-state index in [4.69, 9.17) is 5.73 Å². The molecule has 0 spiro atoms. The fraction of sp³-hybridized carbons (Fsp3) is 0.625. The quantitative estimate of drug-likeness (QED) is 0.863. The van der Waals surface area contributed by atoms with Gasteiger partial charge in [-0.2, -0.15) is 0 Å². The molecule has 0 aliphatic carbocycles. The van der Waals surface area contributed by atoms with Gasteiger partial charge in [-0.15, -0.1) is 0 Å². The van der Waals surface area contributed by atoms with Gasteiger partial charge < -0.3 is 11.1 Å². The summed E-state index contributed by atoms with van der Waals surface area (Å²) in [5.74, 6) is 0.871. The van der Waals surface area contributed by atoms with Gasteiger partial charge in [0.05, 0.1) is 0 Å². The first kappa shape index (κ1) is 13.1. The summed E-state index contributed by atoms with van der Waals surface area (Å²) in [6.45, 7) is 4.59. The zero-order valence-electron chi connectivity index (χ0n) is 11.6. The van der Waals surface area contributed by atoms with Crippen LogP contribution >= 0.6 is 0 Å². The third kappa shape index (κ3) is 3.35. The lowest BCUT2D eigenvalue weighted by atomic mass is 9.85. The summed E-state index contributed by atoms with van der Waals surface area (Å²) in [5, 5.41) is 3.45. The molecule has 1 aromatic rings. The van der Waals surface area contributed by atoms with Crippen LogP contribution in [-0.2, 0) is 6.54 Å². The highest BCUT2D eigenvalue weighted by molar-refractivity contribution is 5.14. The van der Waals surface area contributed by atoms with Gasteiger partial charge in [-0.3, -0.25) is 4.90 Å². The summed E-state index contributed by atoms with van der Waals surface area (Å²) < 4.78 is 0. The topological polar surface area (TPSA) is 41.3 Å². The lowest BCUT2D eigenvalue weighted by molar-refractivity contribution is 0.149. The van der Waals surface area contributed by atoms with Gasteiger partial charge in [0.2, 0.25) is 0 Å². The van der Waals surface area contributed by atoms with E-state index in [1.807, 2.05) is 0 Å². The average Bonchev–Trinajstić information content (AvgIpc) is 2.46. The molecule has 0 aromatic heterocycles. The molecule has 2 fully saturated rings. The van der Waals surface area contributed by atoms with E-state index < -0.39 is 0 Å². The molecule has 0 radical (unpaired) electrons. The van der Waals surface area contributed by atoms with E-state index in [2.05, 4.69) is 40.5 Å². The van der Waals surface area contributed by atoms with Crippen LogP contribution in [-0.4, -0.2) is 36.6 Å². The van der Waals surface area contributed by atoms with Crippen molar-refractivity contribution < 1.29 is 0 Å². The largest absolute Gasteiger partial charge is 0.325 e. The molecule has 2 aliphatic rings. The second-order valence-corrected chi connectivity index (χ2v) is 6.12. The number of nitrogens with two attached hydrogens (primary N) is 1. The number of benzene rings is 1. The van der Waals surface area contributed by atoms with Crippen LogP contribution in [0.5, 0.6) is 0 Å². The van der Waals surface area contributed by atoms with Crippen LogP contribution in [0.1, 0.15) is 24.8 Å². The fourth-order valence-corrected chi connectivity index (χ4v) is 3.26. The fourth-order valence-electron chi connectivity index (χ4n) is 3.26. The van der Waals surface area contributed by atoms with E-state index in [9.17, 15) is 0 Å². The third-order valence-electron chi connectivity index (χ3n) is 4.68. The smallest absolute Gasteiger partial charge is 0.0321 e. The molecule has 3 N–H and O–H groups in total. The zero-order chi connectivity index (χ0) is 13.1. The molecule has 3 heteroatoms. The van der Waals surface area contributed by atoms with Crippen LogP contribution in [0.4, 0.5) is 0 Å². The van der Waals surface area contributed by atoms with Crippen molar-refractivity contribution in [3.8, 4) is 0 Å². The van der Waals surface area contributed by atoms with Gasteiger partial charge in [0.1, 0.15) is 0 Å². The molecule has 3 nitrogen and oxygen atoms in total. The first-order valence-electron chi connectivity index (χ1n) is 7.56. The molecule has 19 heavy (non-hydrogen) atoms. The minimum Gasteiger partial charge on any atom is -0.325 e. The molecule has 1 aromatic carbocycles. The highest BCUT2D eigenvalue weighted by Crippen LogP contribution is 2.25. The average molecular weight is 259 g/mol. The summed E-state index contributed by atoms with van der Waals surface area (Å²) in [7, 11) is 0. The number of nitrogens with zero attached hydrogens (tertiary/aromatic N) is 1. The van der Waals surface area contributed by atoms with Crippen molar-refractivity contribution in [3.05, 3.63) is 35.9 Å². The molecule has 104 valence electrons. The van der Waals surface area contributed by atoms with Gasteiger partial charge in [-0.25, -0.2) is 0 Å². The minimum atomic E-state index is 0.405. The van der Waals surface area contributed by atoms with Gasteiger partial charge in [0.15, 0.2) is 0 Å². The van der Waals surface area contributed by atoms with Crippen molar-refractivity contribution in [1.29, 1.82) is 0 Å². The van der Waals surface area contributed by atoms with Crippen LogP contribution in [0.3, 0.4) is 0 Å². The highest BCUT2D eigenvalue weighted by atomic mass is 15.1. The summed E-state index contributed by atoms with van der Waals surface area (Å²) in [6.07, 6.45) is 3.94. The molecule has 2 saturated heterocycles. The van der Waals surface area contributed by atoms with Gasteiger partial charge in [-0.05, 0) is 43.8 Å². The molecule has 2 atom stereocenters. The number of likely N-dealkylation sites (tertiary alicyclic amines) is 1. The first-order chi connectivity index (χ1) is 9.31. The maximum atomic E-state index is 6.00. The SMILES string of the molecule is NC1CNC1CC1CCN(Cc2ccccc2)CC1. The number of piperidine rings is 1. The van der Waals surface area contributed by atoms with Crippen molar-refractivity contribution in [2.24, 2.45) is 11.7 Å². The van der Waals surface area contributed by atoms with Gasteiger partial charge in [0.25, 0.3) is 0 Å². The van der Waals surface area contributed by atoms with Gasteiger partial charge in [-0.1, -0.05) is 30.3 Å². The maximum absolute atomic E-state index is 6.00. The van der Waals surface area contributed by atoms with E-state index in [1.165, 1.54) is 37.9 Å². The van der Waals surface area contributed by atoms with E-state index in [0.29, 0.717) is 12.1 Å². The Morgan fingerprint density at radius 2 is 1.89 bits per heavy atom. The Labute approximate surface area is 116 Å². The second-order valence-electron chi connectivity index (χ2n) is 6.12. The Morgan fingerprint density at radius 3 is 2.47 bits per heavy atom. The summed E-state index contributed by atoms with van der Waals surface area (Å²) >= 11 is 0. The number of rotatable bonds is 4. The molecule has 2 heterocycles. The summed E-state index contributed by atoms with van der Waals surface area (Å²) in [5.41, 5.74) is 7.43. The maximum Gasteiger partial charge on any atom is 0.0321 e. The number of nitrogens with one attached hydrogen (secondary N) is 1. The molecule has 2 unspecified atom stereocenters. The minimum absolute atomic E-state index is 0.405. The second kappa shape index (κ2) is 6.04. The van der Waals surface area contributed by atoms with Crippen molar-refractivity contribution in [3.63, 3.8) is 0 Å². The molecule has 0 amide bonds. The summed E-state index contributed by atoms with van der Waals surface area (Å²) in [6, 6.07) is 11.8. The normalized spacial score (nSPS) is 29.1. The Morgan fingerprint density at radius 1 is 1.16 bits per heavy atom. The van der Waals surface area contributed by atoms with Crippen LogP contribution in [0.25, 0.3) is 0 Å². The van der Waals surface area contributed by atoms with Crippen LogP contribution in [0, 0.1) is 5.92 Å². The predicted molar refractivity (Wildman–Crippen MR) is 78.8 cm³/mol. The molecular weight excluding hydrogens is 234 g/mol. The van der Waals surface area contributed by atoms with Crippen molar-refractivity contribution >= 4 is 0 Å². The summed E-state index contributed by atoms with van der Waals surface area (Å²) in [4.78, 5) is 2.58. The lowest BCUT2D eigenvalue weighted by Gasteiger charge is -2.40. The Bertz CT molecular complexity index is 384. The molecule has 2 aliphatic heterocycles. The Kier molecular flexibility index (Phi) is 4.16. The third-order valence-corrected chi connectivity index (χ3v) is 4.68. The van der Waals surface area contributed by atoms with Crippen LogP contribution < -0.4 is 11.1 Å². The zero-order valence-corrected chi connectivity index (χ0v) is 11.6. The first-order valence-corrected chi connectivity index (χ1v) is 7.56. The molecule has 0 bridgehead atoms. The molecular formula is C16H25N3. The Balaban J connectivity index is 1.42. The standard InChI is InChI=1S/C16H25N3/c17-15-11-18-16(15)10-13-6-8-19(9-7-13)12-14-4-2-1-3-5-14/h1-5,13,15-16,18H,6-12,17H2. The number of hydrogen-bond acceptors (Lipinski definition) is 3. The molecule has 3 rings (SSSR count). The van der Waals surface area contributed by atoms with Crippen LogP contribution in [0.15, 0.2) is 30.3 Å². The monoisotopic (exact) mass is 259 g/mol. The predicted octanol–water partition coefficient (Wildman–Crippen LogP) is 1.59. The van der Waals surface area contributed by atoms with E-state index in [1.54, 1.807) is 0 Å². The van der Waals surface area contributed by atoms with E-state index in [0.717, 1.165) is 19.0 Å². The van der Waals surface area contributed by atoms with Gasteiger partial charge in [0, 0.05) is 25.2 Å². The number of hydrogen-bond donors (Lipinski definition) is 2. The van der Waals surface area contributed by atoms with E-state index in [-0.39, 0.29) is 0 Å². The highest BCUT2D eigenvalue weighted by Gasteiger charge is 2.30. The van der Waals surface area contributed by atoms with Crippen molar-refractivity contribution in [2.45, 2.75) is 37.9 Å². The van der Waals surface area contributed by atoms with Crippen molar-refractivity contribution in [1.82, 2.24) is 10.2 Å². The lowest BCUT2D eigenvalue weighted by Crippen LogP contribution is -2.62. The van der Waals surface area contributed by atoms with Crippen molar-refractivity contribution in [2.75, 3.05) is 19.6 Å². The van der Waals surface area contributed by atoms with Crippen LogP contribution in [0.2, 0.25) is 0 Å². The Hall–Kier alpha value is -0.900. The molecule has 0 saturated carbocycles. The van der Waals surface area contributed by atoms with Gasteiger partial charge >= 0.3 is 0 Å².